The number of aromatic nitrogens is 2. The smallest absolute Gasteiger partial charge is 0.171 e. The lowest BCUT2D eigenvalue weighted by Gasteiger charge is -2.09. The van der Waals surface area contributed by atoms with Crippen LogP contribution in [0, 0.1) is 13.8 Å². The van der Waals surface area contributed by atoms with Gasteiger partial charge in [-0.2, -0.15) is 5.10 Å². The molecule has 0 aliphatic carbocycles. The molecule has 0 unspecified atom stereocenters. The number of hydrogen-bond donors (Lipinski definition) is 2. The molecule has 0 fully saturated rings. The van der Waals surface area contributed by atoms with Gasteiger partial charge in [0.05, 0.1) is 11.4 Å². The van der Waals surface area contributed by atoms with Gasteiger partial charge in [-0.3, -0.25) is 4.68 Å². The van der Waals surface area contributed by atoms with Crippen molar-refractivity contribution in [3.8, 4) is 0 Å². The standard InChI is InChI=1S/C15H20N4S/c1-4-19-10-14(12(3)18-19)17-15(20)16-9-13-7-5-11(2)6-8-13/h5-8,10H,4,9H2,1-3H3,(H2,16,17,20). The number of rotatable bonds is 4. The van der Waals surface area contributed by atoms with Gasteiger partial charge >= 0.3 is 0 Å². The summed E-state index contributed by atoms with van der Waals surface area (Å²) in [5.74, 6) is 0. The summed E-state index contributed by atoms with van der Waals surface area (Å²) in [6, 6.07) is 8.41. The van der Waals surface area contributed by atoms with Gasteiger partial charge in [-0.15, -0.1) is 0 Å². The third kappa shape index (κ3) is 3.81. The van der Waals surface area contributed by atoms with Crippen molar-refractivity contribution in [3.63, 3.8) is 0 Å². The molecule has 2 aromatic rings. The molecule has 0 saturated carbocycles. The number of nitrogens with zero attached hydrogens (tertiary/aromatic N) is 2. The Balaban J connectivity index is 1.89. The van der Waals surface area contributed by atoms with E-state index in [1.807, 2.05) is 17.8 Å². The molecule has 2 rings (SSSR count). The third-order valence-electron chi connectivity index (χ3n) is 3.09. The highest BCUT2D eigenvalue weighted by molar-refractivity contribution is 7.80. The summed E-state index contributed by atoms with van der Waals surface area (Å²) >= 11 is 5.31. The molecule has 0 atom stereocenters. The first-order chi connectivity index (χ1) is 9.58. The number of thiocarbonyl (C=S) groups is 1. The molecule has 0 spiro atoms. The molecule has 1 heterocycles. The minimum absolute atomic E-state index is 0.615. The Bertz CT molecular complexity index is 586. The summed E-state index contributed by atoms with van der Waals surface area (Å²) in [4.78, 5) is 0. The van der Waals surface area contributed by atoms with Crippen molar-refractivity contribution in [1.29, 1.82) is 0 Å². The fourth-order valence-electron chi connectivity index (χ4n) is 1.86. The fraction of sp³-hybridized carbons (Fsp3) is 0.333. The molecule has 0 bridgehead atoms. The maximum absolute atomic E-state index is 5.31. The van der Waals surface area contributed by atoms with Crippen molar-refractivity contribution in [1.82, 2.24) is 15.1 Å². The molecular weight excluding hydrogens is 268 g/mol. The van der Waals surface area contributed by atoms with Crippen LogP contribution < -0.4 is 10.6 Å². The monoisotopic (exact) mass is 288 g/mol. The molecule has 0 aliphatic rings. The van der Waals surface area contributed by atoms with Crippen LogP contribution in [0.4, 0.5) is 5.69 Å². The van der Waals surface area contributed by atoms with Crippen LogP contribution in [0.15, 0.2) is 30.5 Å². The topological polar surface area (TPSA) is 41.9 Å². The highest BCUT2D eigenvalue weighted by atomic mass is 32.1. The zero-order valence-corrected chi connectivity index (χ0v) is 12.9. The summed E-state index contributed by atoms with van der Waals surface area (Å²) in [7, 11) is 0. The molecule has 1 aromatic carbocycles. The molecular formula is C15H20N4S. The summed E-state index contributed by atoms with van der Waals surface area (Å²) < 4.78 is 1.89. The molecule has 4 nitrogen and oxygen atoms in total. The Morgan fingerprint density at radius 1 is 1.25 bits per heavy atom. The van der Waals surface area contributed by atoms with Gasteiger partial charge in [0, 0.05) is 19.3 Å². The molecule has 1 aromatic heterocycles. The van der Waals surface area contributed by atoms with Crippen LogP contribution in [-0.2, 0) is 13.1 Å². The van der Waals surface area contributed by atoms with E-state index in [0.717, 1.165) is 17.9 Å². The average molecular weight is 288 g/mol. The van der Waals surface area contributed by atoms with Gasteiger partial charge in [0.1, 0.15) is 0 Å². The molecule has 20 heavy (non-hydrogen) atoms. The second-order valence-electron chi connectivity index (χ2n) is 4.78. The van der Waals surface area contributed by atoms with E-state index >= 15 is 0 Å². The van der Waals surface area contributed by atoms with Crippen molar-refractivity contribution in [2.75, 3.05) is 5.32 Å². The molecule has 0 saturated heterocycles. The lowest BCUT2D eigenvalue weighted by molar-refractivity contribution is 0.653. The lowest BCUT2D eigenvalue weighted by Crippen LogP contribution is -2.28. The first-order valence-electron chi connectivity index (χ1n) is 6.73. The summed E-state index contributed by atoms with van der Waals surface area (Å²) in [5.41, 5.74) is 4.37. The van der Waals surface area contributed by atoms with Crippen LogP contribution >= 0.6 is 12.2 Å². The highest BCUT2D eigenvalue weighted by Gasteiger charge is 2.05. The summed E-state index contributed by atoms with van der Waals surface area (Å²) in [6.07, 6.45) is 1.97. The maximum atomic E-state index is 5.31. The van der Waals surface area contributed by atoms with Gasteiger partial charge in [-0.05, 0) is 38.6 Å². The summed E-state index contributed by atoms with van der Waals surface area (Å²) in [6.45, 7) is 7.68. The Labute approximate surface area is 125 Å². The third-order valence-corrected chi connectivity index (χ3v) is 3.34. The van der Waals surface area contributed by atoms with Crippen LogP contribution in [0.25, 0.3) is 0 Å². The van der Waals surface area contributed by atoms with Gasteiger partial charge in [0.15, 0.2) is 5.11 Å². The second-order valence-corrected chi connectivity index (χ2v) is 5.19. The number of nitrogens with one attached hydrogen (secondary N) is 2. The van der Waals surface area contributed by atoms with E-state index in [2.05, 4.69) is 53.8 Å². The molecule has 5 heteroatoms. The van der Waals surface area contributed by atoms with Crippen LogP contribution in [0.3, 0.4) is 0 Å². The zero-order valence-electron chi connectivity index (χ0n) is 12.1. The fourth-order valence-corrected chi connectivity index (χ4v) is 2.04. The van der Waals surface area contributed by atoms with E-state index in [1.165, 1.54) is 11.1 Å². The van der Waals surface area contributed by atoms with Crippen molar-refractivity contribution in [3.05, 3.63) is 47.3 Å². The quantitative estimate of drug-likeness (QED) is 0.849. The zero-order chi connectivity index (χ0) is 14.5. The van der Waals surface area contributed by atoms with E-state index in [9.17, 15) is 0 Å². The van der Waals surface area contributed by atoms with E-state index in [-0.39, 0.29) is 0 Å². The van der Waals surface area contributed by atoms with Crippen LogP contribution in [0.2, 0.25) is 0 Å². The van der Waals surface area contributed by atoms with Crippen LogP contribution in [0.5, 0.6) is 0 Å². The molecule has 0 amide bonds. The highest BCUT2D eigenvalue weighted by Crippen LogP contribution is 2.12. The van der Waals surface area contributed by atoms with E-state index in [0.29, 0.717) is 11.7 Å². The van der Waals surface area contributed by atoms with E-state index in [4.69, 9.17) is 12.2 Å². The van der Waals surface area contributed by atoms with E-state index in [1.54, 1.807) is 0 Å². The van der Waals surface area contributed by atoms with Crippen molar-refractivity contribution in [2.24, 2.45) is 0 Å². The molecule has 0 aliphatic heterocycles. The molecule has 0 radical (unpaired) electrons. The summed E-state index contributed by atoms with van der Waals surface area (Å²) in [5, 5.41) is 11.4. The lowest BCUT2D eigenvalue weighted by atomic mass is 10.1. The number of hydrogen-bond acceptors (Lipinski definition) is 2. The van der Waals surface area contributed by atoms with Gasteiger partial charge in [-0.1, -0.05) is 29.8 Å². The number of benzene rings is 1. The predicted molar refractivity (Wildman–Crippen MR) is 86.9 cm³/mol. The number of anilines is 1. The predicted octanol–water partition coefficient (Wildman–Crippen LogP) is 3.01. The van der Waals surface area contributed by atoms with Gasteiger partial charge in [0.25, 0.3) is 0 Å². The second kappa shape index (κ2) is 6.52. The Kier molecular flexibility index (Phi) is 4.74. The Morgan fingerprint density at radius 3 is 2.55 bits per heavy atom. The van der Waals surface area contributed by atoms with Crippen molar-refractivity contribution < 1.29 is 0 Å². The van der Waals surface area contributed by atoms with Gasteiger partial charge < -0.3 is 10.6 Å². The number of aryl methyl sites for hydroxylation is 3. The minimum Gasteiger partial charge on any atom is -0.358 e. The maximum Gasteiger partial charge on any atom is 0.171 e. The van der Waals surface area contributed by atoms with E-state index < -0.39 is 0 Å². The van der Waals surface area contributed by atoms with Gasteiger partial charge in [-0.25, -0.2) is 0 Å². The minimum atomic E-state index is 0.615. The first kappa shape index (κ1) is 14.5. The molecule has 2 N–H and O–H groups in total. The first-order valence-corrected chi connectivity index (χ1v) is 7.13. The van der Waals surface area contributed by atoms with Crippen LogP contribution in [0.1, 0.15) is 23.7 Å². The SMILES string of the molecule is CCn1cc(NC(=S)NCc2ccc(C)cc2)c(C)n1. The largest absolute Gasteiger partial charge is 0.358 e. The van der Waals surface area contributed by atoms with Crippen LogP contribution in [-0.4, -0.2) is 14.9 Å². The van der Waals surface area contributed by atoms with Gasteiger partial charge in [0.2, 0.25) is 0 Å². The van der Waals surface area contributed by atoms with Crippen molar-refractivity contribution >= 4 is 23.0 Å². The van der Waals surface area contributed by atoms with Crippen molar-refractivity contribution in [2.45, 2.75) is 33.9 Å². The normalized spacial score (nSPS) is 10.3. The Hall–Kier alpha value is -1.88. The average Bonchev–Trinajstić information content (AvgIpc) is 2.79. The Morgan fingerprint density at radius 2 is 1.95 bits per heavy atom. The molecule has 106 valence electrons.